The monoisotopic (exact) mass is 275 g/mol. The number of amides is 1. The lowest BCUT2D eigenvalue weighted by atomic mass is 10.1. The summed E-state index contributed by atoms with van der Waals surface area (Å²) in [6.07, 6.45) is 4.95. The second-order valence-corrected chi connectivity index (χ2v) is 5.06. The standard InChI is InChI=1S/C15H21N3O2/c1-3-4-7-15(19)18-10-5-6-13(11-18)20-14-9-8-12(2)16-17-14/h3,8-9,13H,1,4-7,10-11H2,2H3. The topological polar surface area (TPSA) is 55.3 Å². The third-order valence-corrected chi connectivity index (χ3v) is 3.35. The van der Waals surface area contributed by atoms with Crippen LogP contribution in [0.15, 0.2) is 24.8 Å². The molecule has 0 radical (unpaired) electrons. The van der Waals surface area contributed by atoms with E-state index in [1.807, 2.05) is 24.0 Å². The van der Waals surface area contributed by atoms with Crippen molar-refractivity contribution in [2.75, 3.05) is 13.1 Å². The van der Waals surface area contributed by atoms with Crippen LogP contribution >= 0.6 is 0 Å². The van der Waals surface area contributed by atoms with Crippen molar-refractivity contribution >= 4 is 5.91 Å². The van der Waals surface area contributed by atoms with Crippen molar-refractivity contribution in [2.24, 2.45) is 0 Å². The van der Waals surface area contributed by atoms with Gasteiger partial charge >= 0.3 is 0 Å². The summed E-state index contributed by atoms with van der Waals surface area (Å²) in [6, 6.07) is 3.69. The predicted molar refractivity (Wildman–Crippen MR) is 76.4 cm³/mol. The molecular formula is C15H21N3O2. The van der Waals surface area contributed by atoms with Gasteiger partial charge in [-0.2, -0.15) is 5.10 Å². The molecular weight excluding hydrogens is 254 g/mol. The normalized spacial score (nSPS) is 18.6. The van der Waals surface area contributed by atoms with E-state index in [2.05, 4.69) is 16.8 Å². The smallest absolute Gasteiger partial charge is 0.233 e. The first kappa shape index (κ1) is 14.5. The lowest BCUT2D eigenvalue weighted by Crippen LogP contribution is -2.44. The summed E-state index contributed by atoms with van der Waals surface area (Å²) in [5, 5.41) is 7.98. The fourth-order valence-corrected chi connectivity index (χ4v) is 2.26. The van der Waals surface area contributed by atoms with Crippen molar-refractivity contribution in [2.45, 2.75) is 38.7 Å². The summed E-state index contributed by atoms with van der Waals surface area (Å²) in [4.78, 5) is 13.9. The molecule has 0 aromatic carbocycles. The number of carbonyl (C=O) groups excluding carboxylic acids is 1. The highest BCUT2D eigenvalue weighted by Gasteiger charge is 2.24. The van der Waals surface area contributed by atoms with Gasteiger partial charge in [0.2, 0.25) is 11.8 Å². The van der Waals surface area contributed by atoms with Crippen molar-refractivity contribution in [3.05, 3.63) is 30.5 Å². The Hall–Kier alpha value is -1.91. The highest BCUT2D eigenvalue weighted by atomic mass is 16.5. The molecule has 2 heterocycles. The van der Waals surface area contributed by atoms with E-state index >= 15 is 0 Å². The summed E-state index contributed by atoms with van der Waals surface area (Å²) < 4.78 is 5.81. The van der Waals surface area contributed by atoms with E-state index in [1.165, 1.54) is 0 Å². The molecule has 0 saturated carbocycles. The van der Waals surface area contributed by atoms with Crippen LogP contribution in [0.1, 0.15) is 31.4 Å². The number of allylic oxidation sites excluding steroid dienone is 1. The summed E-state index contributed by atoms with van der Waals surface area (Å²) >= 11 is 0. The van der Waals surface area contributed by atoms with E-state index in [4.69, 9.17) is 4.74 Å². The van der Waals surface area contributed by atoms with Crippen LogP contribution in [0, 0.1) is 6.92 Å². The number of likely N-dealkylation sites (tertiary alicyclic amines) is 1. The van der Waals surface area contributed by atoms with Gasteiger partial charge in [0.15, 0.2) is 0 Å². The maximum absolute atomic E-state index is 12.0. The van der Waals surface area contributed by atoms with Crippen molar-refractivity contribution in [3.8, 4) is 5.88 Å². The molecule has 0 aliphatic carbocycles. The van der Waals surface area contributed by atoms with Gasteiger partial charge < -0.3 is 9.64 Å². The Morgan fingerprint density at radius 1 is 1.55 bits per heavy atom. The SMILES string of the molecule is C=CCCC(=O)N1CCCC(Oc2ccc(C)nn2)C1. The lowest BCUT2D eigenvalue weighted by molar-refractivity contribution is -0.133. The van der Waals surface area contributed by atoms with Crippen LogP contribution in [-0.4, -0.2) is 40.2 Å². The van der Waals surface area contributed by atoms with Gasteiger partial charge in [0.05, 0.1) is 12.2 Å². The first-order chi connectivity index (χ1) is 9.69. The van der Waals surface area contributed by atoms with E-state index in [1.54, 1.807) is 6.08 Å². The molecule has 0 N–H and O–H groups in total. The molecule has 20 heavy (non-hydrogen) atoms. The van der Waals surface area contributed by atoms with Crippen LogP contribution in [-0.2, 0) is 4.79 Å². The van der Waals surface area contributed by atoms with E-state index in [0.29, 0.717) is 18.8 Å². The average molecular weight is 275 g/mol. The average Bonchev–Trinajstić information content (AvgIpc) is 2.47. The minimum atomic E-state index is 0.00781. The molecule has 1 aromatic rings. The summed E-state index contributed by atoms with van der Waals surface area (Å²) in [5.74, 6) is 0.703. The van der Waals surface area contributed by atoms with Crippen LogP contribution in [0.5, 0.6) is 5.88 Å². The number of aromatic nitrogens is 2. The van der Waals surface area contributed by atoms with Gasteiger partial charge in [0, 0.05) is 19.0 Å². The van der Waals surface area contributed by atoms with Crippen molar-refractivity contribution in [1.29, 1.82) is 0 Å². The predicted octanol–water partition coefficient (Wildman–Crippen LogP) is 2.12. The zero-order chi connectivity index (χ0) is 14.4. The molecule has 1 saturated heterocycles. The van der Waals surface area contributed by atoms with Crippen LogP contribution < -0.4 is 4.74 Å². The van der Waals surface area contributed by atoms with Gasteiger partial charge in [-0.3, -0.25) is 4.79 Å². The molecule has 1 fully saturated rings. The van der Waals surface area contributed by atoms with Gasteiger partial charge in [-0.15, -0.1) is 11.7 Å². The summed E-state index contributed by atoms with van der Waals surface area (Å²) in [5.41, 5.74) is 0.863. The Kier molecular flexibility index (Phi) is 5.09. The number of hydrogen-bond donors (Lipinski definition) is 0. The molecule has 0 spiro atoms. The molecule has 1 unspecified atom stereocenters. The number of aryl methyl sites for hydroxylation is 1. The number of piperidine rings is 1. The maximum Gasteiger partial charge on any atom is 0.233 e. The van der Waals surface area contributed by atoms with Crippen LogP contribution in [0.3, 0.4) is 0 Å². The lowest BCUT2D eigenvalue weighted by Gasteiger charge is -2.32. The maximum atomic E-state index is 12.0. The minimum Gasteiger partial charge on any atom is -0.471 e. The third kappa shape index (κ3) is 4.05. The fourth-order valence-electron chi connectivity index (χ4n) is 2.26. The van der Waals surface area contributed by atoms with Gasteiger partial charge in [0.25, 0.3) is 0 Å². The minimum absolute atomic E-state index is 0.00781. The Labute approximate surface area is 119 Å². The van der Waals surface area contributed by atoms with Gasteiger partial charge in [0.1, 0.15) is 6.10 Å². The zero-order valence-corrected chi connectivity index (χ0v) is 11.9. The first-order valence-corrected chi connectivity index (χ1v) is 7.04. The number of hydrogen-bond acceptors (Lipinski definition) is 4. The quantitative estimate of drug-likeness (QED) is 0.772. The highest BCUT2D eigenvalue weighted by molar-refractivity contribution is 5.76. The number of nitrogens with zero attached hydrogens (tertiary/aromatic N) is 3. The van der Waals surface area contributed by atoms with E-state index in [9.17, 15) is 4.79 Å². The Bertz CT molecular complexity index is 459. The van der Waals surface area contributed by atoms with Gasteiger partial charge in [-0.1, -0.05) is 6.08 Å². The van der Waals surface area contributed by atoms with E-state index in [-0.39, 0.29) is 12.0 Å². The Morgan fingerprint density at radius 2 is 2.40 bits per heavy atom. The highest BCUT2D eigenvalue weighted by Crippen LogP contribution is 2.17. The van der Waals surface area contributed by atoms with E-state index < -0.39 is 0 Å². The van der Waals surface area contributed by atoms with E-state index in [0.717, 1.165) is 31.5 Å². The molecule has 2 rings (SSSR count). The Balaban J connectivity index is 1.88. The molecule has 0 bridgehead atoms. The molecule has 1 aliphatic rings. The van der Waals surface area contributed by atoms with Crippen molar-refractivity contribution < 1.29 is 9.53 Å². The zero-order valence-electron chi connectivity index (χ0n) is 11.9. The third-order valence-electron chi connectivity index (χ3n) is 3.35. The molecule has 1 aliphatic heterocycles. The second-order valence-electron chi connectivity index (χ2n) is 5.06. The second kappa shape index (κ2) is 7.03. The van der Waals surface area contributed by atoms with Crippen LogP contribution in [0.4, 0.5) is 0 Å². The number of carbonyl (C=O) groups is 1. The van der Waals surface area contributed by atoms with Gasteiger partial charge in [-0.05, 0) is 32.3 Å². The molecule has 5 heteroatoms. The molecule has 5 nitrogen and oxygen atoms in total. The molecule has 1 atom stereocenters. The molecule has 1 amide bonds. The van der Waals surface area contributed by atoms with Crippen LogP contribution in [0.25, 0.3) is 0 Å². The first-order valence-electron chi connectivity index (χ1n) is 7.04. The van der Waals surface area contributed by atoms with Crippen molar-refractivity contribution in [3.63, 3.8) is 0 Å². The summed E-state index contributed by atoms with van der Waals surface area (Å²) in [7, 11) is 0. The summed E-state index contributed by atoms with van der Waals surface area (Å²) in [6.45, 7) is 6.98. The van der Waals surface area contributed by atoms with Crippen LogP contribution in [0.2, 0.25) is 0 Å². The Morgan fingerprint density at radius 3 is 3.10 bits per heavy atom. The number of rotatable bonds is 5. The number of ether oxygens (including phenoxy) is 1. The molecule has 108 valence electrons. The van der Waals surface area contributed by atoms with Gasteiger partial charge in [-0.25, -0.2) is 0 Å². The van der Waals surface area contributed by atoms with Crippen molar-refractivity contribution in [1.82, 2.24) is 15.1 Å². The molecule has 1 aromatic heterocycles. The fraction of sp³-hybridized carbons (Fsp3) is 0.533. The largest absolute Gasteiger partial charge is 0.471 e.